The largest absolute Gasteiger partial charge is 0.323 e. The van der Waals surface area contributed by atoms with Gasteiger partial charge in [0.1, 0.15) is 0 Å². The van der Waals surface area contributed by atoms with Gasteiger partial charge in [0.25, 0.3) is 5.91 Å². The van der Waals surface area contributed by atoms with Crippen LogP contribution in [0.1, 0.15) is 15.9 Å². The Morgan fingerprint density at radius 3 is 2.69 bits per heavy atom. The van der Waals surface area contributed by atoms with Gasteiger partial charge in [-0.1, -0.05) is 36.4 Å². The first kappa shape index (κ1) is 14.5. The van der Waals surface area contributed by atoms with Crippen LogP contribution in [0, 0.1) is 0 Å². The molecule has 124 valence electrons. The van der Waals surface area contributed by atoms with Gasteiger partial charge in [0.15, 0.2) is 5.65 Å². The number of carbonyl (C=O) groups is 1. The molecule has 1 N–H and O–H groups in total. The molecule has 1 aliphatic heterocycles. The van der Waals surface area contributed by atoms with Crippen molar-refractivity contribution in [2.45, 2.75) is 0 Å². The molecule has 0 fully saturated rings. The molecule has 0 unspecified atom stereocenters. The summed E-state index contributed by atoms with van der Waals surface area (Å²) < 4.78 is 1.82. The van der Waals surface area contributed by atoms with Gasteiger partial charge in [0.2, 0.25) is 5.95 Å². The van der Waals surface area contributed by atoms with Gasteiger partial charge in [-0.05, 0) is 30.3 Å². The second-order valence-corrected chi connectivity index (χ2v) is 5.97. The first-order valence-electron chi connectivity index (χ1n) is 8.19. The molecule has 0 atom stereocenters. The first-order chi connectivity index (χ1) is 12.8. The molecule has 0 saturated heterocycles. The van der Waals surface area contributed by atoms with Crippen LogP contribution in [-0.4, -0.2) is 26.7 Å². The number of nitrogens with one attached hydrogen (secondary N) is 1. The summed E-state index contributed by atoms with van der Waals surface area (Å²) in [5.74, 6) is 0.291. The highest BCUT2D eigenvalue weighted by Gasteiger charge is 2.16. The molecule has 4 aromatic rings. The fourth-order valence-electron chi connectivity index (χ4n) is 3.05. The van der Waals surface area contributed by atoms with Gasteiger partial charge >= 0.3 is 0 Å². The highest BCUT2D eigenvalue weighted by molar-refractivity contribution is 6.13. The number of pyridine rings is 1. The molecule has 5 rings (SSSR count). The lowest BCUT2D eigenvalue weighted by Gasteiger charge is -2.04. The summed E-state index contributed by atoms with van der Waals surface area (Å²) in [4.78, 5) is 19.9. The molecule has 0 radical (unpaired) electrons. The predicted octanol–water partition coefficient (Wildman–Crippen LogP) is 3.71. The van der Waals surface area contributed by atoms with E-state index in [9.17, 15) is 4.79 Å². The number of amides is 1. The molecule has 0 bridgehead atoms. The molecule has 2 aromatic carbocycles. The number of anilines is 2. The normalized spacial score (nSPS) is 12.5. The molecule has 6 nitrogen and oxygen atoms in total. The average molecular weight is 339 g/mol. The minimum absolute atomic E-state index is 0.204. The summed E-state index contributed by atoms with van der Waals surface area (Å²) in [5, 5.41) is 7.79. The van der Waals surface area contributed by atoms with Crippen molar-refractivity contribution in [3.05, 3.63) is 77.9 Å². The number of aromatic nitrogens is 3. The highest BCUT2D eigenvalue weighted by atomic mass is 16.1. The number of aliphatic imine (C=N–C) groups is 1. The highest BCUT2D eigenvalue weighted by Crippen LogP contribution is 2.24. The monoisotopic (exact) mass is 339 g/mol. The van der Waals surface area contributed by atoms with E-state index in [0.29, 0.717) is 11.5 Å². The Hall–Kier alpha value is -3.80. The van der Waals surface area contributed by atoms with E-state index in [-0.39, 0.29) is 5.91 Å². The predicted molar refractivity (Wildman–Crippen MR) is 100 cm³/mol. The van der Waals surface area contributed by atoms with Crippen LogP contribution in [0.5, 0.6) is 0 Å². The molecule has 1 aliphatic rings. The minimum Gasteiger partial charge on any atom is -0.323 e. The molecule has 2 aromatic heterocycles. The molecular formula is C20H13N5O. The first-order valence-corrected chi connectivity index (χ1v) is 8.19. The third kappa shape index (κ3) is 2.36. The quantitative estimate of drug-likeness (QED) is 0.617. The van der Waals surface area contributed by atoms with Gasteiger partial charge < -0.3 is 5.32 Å². The van der Waals surface area contributed by atoms with Crippen molar-refractivity contribution in [3.63, 3.8) is 0 Å². The van der Waals surface area contributed by atoms with Crippen LogP contribution in [0.3, 0.4) is 0 Å². The zero-order chi connectivity index (χ0) is 17.5. The zero-order valence-electron chi connectivity index (χ0n) is 13.6. The van der Waals surface area contributed by atoms with Crippen LogP contribution < -0.4 is 5.32 Å². The van der Waals surface area contributed by atoms with Crippen LogP contribution in [0.25, 0.3) is 16.9 Å². The summed E-state index contributed by atoms with van der Waals surface area (Å²) >= 11 is 0. The lowest BCUT2D eigenvalue weighted by molar-refractivity contribution is 0.101. The number of rotatable bonds is 3. The standard InChI is InChI=1S/C20H13N5O/c26-19-16-10-9-15(11-14(16)12-21-19)22-20-23-18-8-4-7-17(25(18)24-20)13-5-2-1-3-6-13/h1-12H,(H,22,24). The number of nitrogens with zero attached hydrogens (tertiary/aromatic N) is 4. The van der Waals surface area contributed by atoms with Crippen LogP contribution in [-0.2, 0) is 0 Å². The van der Waals surface area contributed by atoms with Gasteiger partial charge in [0.05, 0.1) is 11.3 Å². The Balaban J connectivity index is 1.53. The molecule has 26 heavy (non-hydrogen) atoms. The van der Waals surface area contributed by atoms with E-state index < -0.39 is 0 Å². The average Bonchev–Trinajstić information content (AvgIpc) is 3.25. The molecular weight excluding hydrogens is 326 g/mol. The SMILES string of the molecule is O=C1N=Cc2cc(Nc3nc4cccc(-c5ccccc5)n4n3)ccc21. The van der Waals surface area contributed by atoms with E-state index >= 15 is 0 Å². The Bertz CT molecular complexity index is 1180. The molecule has 1 amide bonds. The van der Waals surface area contributed by atoms with Crippen molar-refractivity contribution < 1.29 is 4.79 Å². The van der Waals surface area contributed by atoms with E-state index in [4.69, 9.17) is 0 Å². The summed E-state index contributed by atoms with van der Waals surface area (Å²) in [7, 11) is 0. The van der Waals surface area contributed by atoms with E-state index in [1.807, 2.05) is 65.2 Å². The van der Waals surface area contributed by atoms with Crippen LogP contribution in [0.2, 0.25) is 0 Å². The minimum atomic E-state index is -0.204. The maximum atomic E-state index is 11.6. The maximum Gasteiger partial charge on any atom is 0.277 e. The van der Waals surface area contributed by atoms with Crippen LogP contribution in [0.15, 0.2) is 71.7 Å². The van der Waals surface area contributed by atoms with E-state index in [0.717, 1.165) is 28.2 Å². The van der Waals surface area contributed by atoms with Crippen molar-refractivity contribution in [1.82, 2.24) is 14.6 Å². The number of hydrogen-bond acceptors (Lipinski definition) is 4. The fraction of sp³-hybridized carbons (Fsp3) is 0. The lowest BCUT2D eigenvalue weighted by atomic mass is 10.1. The molecule has 3 heterocycles. The number of fused-ring (bicyclic) bond motifs is 2. The maximum absolute atomic E-state index is 11.6. The second kappa shape index (κ2) is 5.63. The third-order valence-corrected chi connectivity index (χ3v) is 4.29. The molecule has 0 saturated carbocycles. The molecule has 0 spiro atoms. The Morgan fingerprint density at radius 2 is 1.81 bits per heavy atom. The van der Waals surface area contributed by atoms with Crippen molar-refractivity contribution in [2.75, 3.05) is 5.32 Å². The molecule has 0 aliphatic carbocycles. The Labute approximate surface area is 148 Å². The lowest BCUT2D eigenvalue weighted by Crippen LogP contribution is -1.97. The van der Waals surface area contributed by atoms with Crippen LogP contribution in [0.4, 0.5) is 11.6 Å². The van der Waals surface area contributed by atoms with E-state index in [1.165, 1.54) is 0 Å². The van der Waals surface area contributed by atoms with Gasteiger partial charge in [-0.25, -0.2) is 9.51 Å². The topological polar surface area (TPSA) is 71.7 Å². The summed E-state index contributed by atoms with van der Waals surface area (Å²) in [6, 6.07) is 21.4. The number of carbonyl (C=O) groups excluding carboxylic acids is 1. The Morgan fingerprint density at radius 1 is 0.923 bits per heavy atom. The summed E-state index contributed by atoms with van der Waals surface area (Å²) in [5.41, 5.74) is 5.02. The van der Waals surface area contributed by atoms with Crippen LogP contribution >= 0.6 is 0 Å². The fourth-order valence-corrected chi connectivity index (χ4v) is 3.05. The Kier molecular flexibility index (Phi) is 3.15. The summed E-state index contributed by atoms with van der Waals surface area (Å²) in [6.07, 6.45) is 1.58. The zero-order valence-corrected chi connectivity index (χ0v) is 13.6. The third-order valence-electron chi connectivity index (χ3n) is 4.29. The number of benzene rings is 2. The summed E-state index contributed by atoms with van der Waals surface area (Å²) in [6.45, 7) is 0. The van der Waals surface area contributed by atoms with Crippen molar-refractivity contribution in [1.29, 1.82) is 0 Å². The smallest absolute Gasteiger partial charge is 0.277 e. The number of hydrogen-bond donors (Lipinski definition) is 1. The van der Waals surface area contributed by atoms with Gasteiger partial charge in [0, 0.05) is 23.0 Å². The second-order valence-electron chi connectivity index (χ2n) is 5.97. The van der Waals surface area contributed by atoms with Gasteiger partial charge in [-0.3, -0.25) is 4.79 Å². The van der Waals surface area contributed by atoms with E-state index in [1.54, 1.807) is 12.3 Å². The van der Waals surface area contributed by atoms with Gasteiger partial charge in [-0.2, -0.15) is 4.98 Å². The van der Waals surface area contributed by atoms with Gasteiger partial charge in [-0.15, -0.1) is 5.10 Å². The van der Waals surface area contributed by atoms with Crippen molar-refractivity contribution in [2.24, 2.45) is 4.99 Å². The van der Waals surface area contributed by atoms with E-state index in [2.05, 4.69) is 20.4 Å². The van der Waals surface area contributed by atoms with Crippen molar-refractivity contribution >= 4 is 29.4 Å². The van der Waals surface area contributed by atoms with Crippen molar-refractivity contribution in [3.8, 4) is 11.3 Å². The molecule has 6 heteroatoms.